The predicted molar refractivity (Wildman–Crippen MR) is 263 cm³/mol. The van der Waals surface area contributed by atoms with E-state index in [0.29, 0.717) is 0 Å². The van der Waals surface area contributed by atoms with Gasteiger partial charge in [-0.05, 0) is 126 Å². The van der Waals surface area contributed by atoms with Gasteiger partial charge < -0.3 is 9.32 Å². The van der Waals surface area contributed by atoms with Crippen molar-refractivity contribution in [1.82, 2.24) is 0 Å². The smallest absolute Gasteiger partial charge is 0.136 e. The molecule has 0 amide bonds. The van der Waals surface area contributed by atoms with E-state index in [-0.39, 0.29) is 0 Å². The molecule has 1 aromatic heterocycles. The largest absolute Gasteiger partial charge is 0.456 e. The zero-order valence-corrected chi connectivity index (χ0v) is 33.9. The van der Waals surface area contributed by atoms with Gasteiger partial charge in [0.15, 0.2) is 0 Å². The molecular weight excluding hydrogens is 751 g/mol. The topological polar surface area (TPSA) is 16.4 Å². The summed E-state index contributed by atoms with van der Waals surface area (Å²) in [5.41, 5.74) is 14.4. The SMILES string of the molecule is c1cc(-c2ccc3c(ccc4ccccc43)c2)cc(N(c2ccc(-c3cccc4oc5ccccc5c34)cc2)c2ccccc2-c2ccc(-c3ccc4ccccc4c3)cc2)c1. The average molecular weight is 790 g/mol. The maximum absolute atomic E-state index is 6.28. The fraction of sp³-hybridized carbons (Fsp3) is 0. The molecule has 290 valence electrons. The summed E-state index contributed by atoms with van der Waals surface area (Å²) in [5, 5.41) is 9.80. The molecule has 11 aromatic carbocycles. The van der Waals surface area contributed by atoms with Gasteiger partial charge in [-0.3, -0.25) is 0 Å². The first-order chi connectivity index (χ1) is 30.7. The van der Waals surface area contributed by atoms with Crippen molar-refractivity contribution in [2.75, 3.05) is 4.90 Å². The molecule has 0 saturated carbocycles. The Kier molecular flexibility index (Phi) is 8.53. The molecule has 0 aliphatic carbocycles. The van der Waals surface area contributed by atoms with Crippen LogP contribution in [0.4, 0.5) is 17.1 Å². The van der Waals surface area contributed by atoms with Crippen LogP contribution in [0.1, 0.15) is 0 Å². The molecule has 0 fully saturated rings. The Morgan fingerprint density at radius 3 is 1.71 bits per heavy atom. The van der Waals surface area contributed by atoms with Gasteiger partial charge >= 0.3 is 0 Å². The van der Waals surface area contributed by atoms with Crippen LogP contribution in [0, 0.1) is 0 Å². The highest BCUT2D eigenvalue weighted by Gasteiger charge is 2.19. The van der Waals surface area contributed by atoms with Gasteiger partial charge in [-0.2, -0.15) is 0 Å². The van der Waals surface area contributed by atoms with Crippen molar-refractivity contribution in [2.45, 2.75) is 0 Å². The van der Waals surface area contributed by atoms with E-state index in [1.165, 1.54) is 49.0 Å². The molecule has 12 aromatic rings. The summed E-state index contributed by atoms with van der Waals surface area (Å²) in [5.74, 6) is 0. The van der Waals surface area contributed by atoms with Crippen molar-refractivity contribution < 1.29 is 4.42 Å². The number of hydrogen-bond donors (Lipinski definition) is 0. The molecule has 0 aliphatic heterocycles. The molecule has 0 bridgehead atoms. The second kappa shape index (κ2) is 14.8. The Hall–Kier alpha value is -8.20. The van der Waals surface area contributed by atoms with Gasteiger partial charge in [-0.1, -0.05) is 182 Å². The fourth-order valence-corrected chi connectivity index (χ4v) is 9.37. The normalized spacial score (nSPS) is 11.5. The van der Waals surface area contributed by atoms with E-state index in [4.69, 9.17) is 4.42 Å². The maximum atomic E-state index is 6.28. The molecule has 0 N–H and O–H groups in total. The van der Waals surface area contributed by atoms with Crippen molar-refractivity contribution in [3.05, 3.63) is 237 Å². The third-order valence-electron chi connectivity index (χ3n) is 12.4. The summed E-state index contributed by atoms with van der Waals surface area (Å²) in [6, 6.07) is 85.6. The van der Waals surface area contributed by atoms with Crippen molar-refractivity contribution in [3.63, 3.8) is 0 Å². The minimum Gasteiger partial charge on any atom is -0.456 e. The van der Waals surface area contributed by atoms with Crippen LogP contribution >= 0.6 is 0 Å². The molecule has 0 unspecified atom stereocenters. The van der Waals surface area contributed by atoms with E-state index < -0.39 is 0 Å². The lowest BCUT2D eigenvalue weighted by Gasteiger charge is -2.28. The highest BCUT2D eigenvalue weighted by molar-refractivity contribution is 6.12. The first kappa shape index (κ1) is 35.7. The Balaban J connectivity index is 0.978. The molecule has 0 aliphatic rings. The third kappa shape index (κ3) is 6.20. The molecule has 2 heteroatoms. The first-order valence-corrected chi connectivity index (χ1v) is 21.2. The van der Waals surface area contributed by atoms with E-state index >= 15 is 0 Å². The summed E-state index contributed by atoms with van der Waals surface area (Å²) in [6.07, 6.45) is 0. The molecule has 2 nitrogen and oxygen atoms in total. The van der Waals surface area contributed by atoms with Crippen molar-refractivity contribution in [1.29, 1.82) is 0 Å². The van der Waals surface area contributed by atoms with Gasteiger partial charge in [0.05, 0.1) is 5.69 Å². The average Bonchev–Trinajstić information content (AvgIpc) is 3.73. The van der Waals surface area contributed by atoms with E-state index in [1.807, 2.05) is 12.1 Å². The van der Waals surface area contributed by atoms with Crippen LogP contribution in [-0.2, 0) is 0 Å². The lowest BCUT2D eigenvalue weighted by molar-refractivity contribution is 0.669. The number of fused-ring (bicyclic) bond motifs is 7. The van der Waals surface area contributed by atoms with Crippen LogP contribution in [0.2, 0.25) is 0 Å². The van der Waals surface area contributed by atoms with Gasteiger partial charge in [-0.15, -0.1) is 0 Å². The second-order valence-electron chi connectivity index (χ2n) is 16.1. The molecule has 0 atom stereocenters. The zero-order valence-electron chi connectivity index (χ0n) is 33.9. The zero-order chi connectivity index (χ0) is 41.0. The third-order valence-corrected chi connectivity index (χ3v) is 12.4. The Morgan fingerprint density at radius 1 is 0.274 bits per heavy atom. The number of para-hydroxylation sites is 2. The fourth-order valence-electron chi connectivity index (χ4n) is 9.37. The van der Waals surface area contributed by atoms with Crippen LogP contribution in [0.5, 0.6) is 0 Å². The standard InChI is InChI=1S/C60H39NO/c1-2-13-45-37-47(29-25-40(45)11-1)41-23-26-43(27-24-41)54-17-5-7-20-57(54)61(50-34-31-44(32-35-50)55-19-10-22-59-60(55)56-18-6-8-21-58(56)62-59)51-15-9-14-46(39-51)48-33-36-53-49(38-48)30-28-42-12-3-4-16-52(42)53/h1-39H. The first-order valence-electron chi connectivity index (χ1n) is 21.2. The predicted octanol–water partition coefficient (Wildman–Crippen LogP) is 17.2. The van der Waals surface area contributed by atoms with Crippen molar-refractivity contribution in [3.8, 4) is 44.5 Å². The van der Waals surface area contributed by atoms with E-state index in [0.717, 1.165) is 66.8 Å². The summed E-state index contributed by atoms with van der Waals surface area (Å²) in [7, 11) is 0. The number of furan rings is 1. The Labute approximate surface area is 360 Å². The quantitative estimate of drug-likeness (QED) is 0.150. The Morgan fingerprint density at radius 2 is 0.823 bits per heavy atom. The van der Waals surface area contributed by atoms with E-state index in [2.05, 4.69) is 229 Å². The van der Waals surface area contributed by atoms with Crippen LogP contribution in [0.3, 0.4) is 0 Å². The number of benzene rings is 11. The second-order valence-corrected chi connectivity index (χ2v) is 16.1. The molecule has 0 radical (unpaired) electrons. The molecule has 0 saturated heterocycles. The highest BCUT2D eigenvalue weighted by atomic mass is 16.3. The van der Waals surface area contributed by atoms with Crippen LogP contribution in [-0.4, -0.2) is 0 Å². The van der Waals surface area contributed by atoms with E-state index in [9.17, 15) is 0 Å². The van der Waals surface area contributed by atoms with Gasteiger partial charge in [0.2, 0.25) is 0 Å². The maximum Gasteiger partial charge on any atom is 0.136 e. The van der Waals surface area contributed by atoms with Crippen LogP contribution in [0.15, 0.2) is 241 Å². The highest BCUT2D eigenvalue weighted by Crippen LogP contribution is 2.44. The number of nitrogens with zero attached hydrogens (tertiary/aromatic N) is 1. The van der Waals surface area contributed by atoms with Gasteiger partial charge in [0.25, 0.3) is 0 Å². The minimum absolute atomic E-state index is 0.897. The molecule has 0 spiro atoms. The van der Waals surface area contributed by atoms with Crippen LogP contribution in [0.25, 0.3) is 98.8 Å². The molecule has 12 rings (SSSR count). The van der Waals surface area contributed by atoms with Crippen LogP contribution < -0.4 is 4.90 Å². The van der Waals surface area contributed by atoms with Crippen molar-refractivity contribution >= 4 is 71.3 Å². The van der Waals surface area contributed by atoms with Gasteiger partial charge in [0, 0.05) is 27.7 Å². The minimum atomic E-state index is 0.897. The van der Waals surface area contributed by atoms with E-state index in [1.54, 1.807) is 0 Å². The number of hydrogen-bond acceptors (Lipinski definition) is 2. The monoisotopic (exact) mass is 789 g/mol. The van der Waals surface area contributed by atoms with Gasteiger partial charge in [0.1, 0.15) is 11.2 Å². The molecular formula is C60H39NO. The summed E-state index contributed by atoms with van der Waals surface area (Å²) in [6.45, 7) is 0. The van der Waals surface area contributed by atoms with Gasteiger partial charge in [-0.25, -0.2) is 0 Å². The molecule has 62 heavy (non-hydrogen) atoms. The number of anilines is 3. The summed E-state index contributed by atoms with van der Waals surface area (Å²) < 4.78 is 6.28. The lowest BCUT2D eigenvalue weighted by atomic mass is 9.96. The Bertz CT molecular complexity index is 3630. The molecule has 1 heterocycles. The summed E-state index contributed by atoms with van der Waals surface area (Å²) in [4.78, 5) is 2.41. The summed E-state index contributed by atoms with van der Waals surface area (Å²) >= 11 is 0. The lowest BCUT2D eigenvalue weighted by Crippen LogP contribution is -2.11. The number of rotatable bonds is 7. The van der Waals surface area contributed by atoms with Crippen molar-refractivity contribution in [2.24, 2.45) is 0 Å².